The van der Waals surface area contributed by atoms with Gasteiger partial charge in [0.15, 0.2) is 5.82 Å². The molecule has 0 aliphatic rings. The van der Waals surface area contributed by atoms with Gasteiger partial charge in [-0.15, -0.1) is 0 Å². The van der Waals surface area contributed by atoms with Gasteiger partial charge in [0.05, 0.1) is 16.7 Å². The number of para-hydroxylation sites is 1. The van der Waals surface area contributed by atoms with Gasteiger partial charge in [-0.25, -0.2) is 15.0 Å². The number of aromatic nitrogens is 2. The lowest BCUT2D eigenvalue weighted by Gasteiger charge is -2.12. The van der Waals surface area contributed by atoms with Crippen LogP contribution in [0.2, 0.25) is 0 Å². The van der Waals surface area contributed by atoms with E-state index in [-0.39, 0.29) is 0 Å². The number of nitrogens with zero attached hydrogens (tertiary/aromatic N) is 3. The molecule has 0 aliphatic carbocycles. The molecule has 43 heavy (non-hydrogen) atoms. The van der Waals surface area contributed by atoms with Crippen molar-refractivity contribution in [3.63, 3.8) is 0 Å². The van der Waals surface area contributed by atoms with E-state index in [9.17, 15) is 0 Å². The molecule has 7 aromatic rings. The summed E-state index contributed by atoms with van der Waals surface area (Å²) in [7, 11) is 0. The van der Waals surface area contributed by atoms with Crippen LogP contribution < -0.4 is 0 Å². The van der Waals surface area contributed by atoms with Crippen molar-refractivity contribution in [2.75, 3.05) is 0 Å². The number of hydrogen-bond donors (Lipinski definition) is 0. The average molecular weight is 554 g/mol. The molecule has 0 amide bonds. The molecule has 0 unspecified atom stereocenters. The molecule has 7 rings (SSSR count). The predicted molar refractivity (Wildman–Crippen MR) is 184 cm³/mol. The van der Waals surface area contributed by atoms with E-state index in [4.69, 9.17) is 15.0 Å². The van der Waals surface area contributed by atoms with Gasteiger partial charge >= 0.3 is 0 Å². The van der Waals surface area contributed by atoms with E-state index >= 15 is 0 Å². The molecule has 2 heterocycles. The summed E-state index contributed by atoms with van der Waals surface area (Å²) in [6.07, 6.45) is 6.32. The normalized spacial score (nSPS) is 12.7. The van der Waals surface area contributed by atoms with Gasteiger partial charge in [0, 0.05) is 22.0 Å². The monoisotopic (exact) mass is 553 g/mol. The SMILES string of the molecule is C/C=C\C(=C/C(C)=Nc1nc2ccccc2cc1C)c1ccc2nc(-c3cc4ccccc4c4ccccc34)ccc2c1. The molecule has 0 fully saturated rings. The highest BCUT2D eigenvalue weighted by Crippen LogP contribution is 2.35. The van der Waals surface area contributed by atoms with Crippen molar-refractivity contribution in [1.29, 1.82) is 0 Å². The van der Waals surface area contributed by atoms with Crippen LogP contribution in [0.5, 0.6) is 0 Å². The second kappa shape index (κ2) is 11.1. The summed E-state index contributed by atoms with van der Waals surface area (Å²) in [5, 5.41) is 7.18. The molecule has 2 aromatic heterocycles. The Morgan fingerprint density at radius 3 is 2.19 bits per heavy atom. The van der Waals surface area contributed by atoms with Gasteiger partial charge < -0.3 is 0 Å². The summed E-state index contributed by atoms with van der Waals surface area (Å²) in [5.74, 6) is 0.753. The zero-order valence-electron chi connectivity index (χ0n) is 24.5. The zero-order chi connectivity index (χ0) is 29.3. The molecule has 5 aromatic carbocycles. The number of fused-ring (bicyclic) bond motifs is 5. The van der Waals surface area contributed by atoms with E-state index in [0.717, 1.165) is 61.3 Å². The molecule has 206 valence electrons. The summed E-state index contributed by atoms with van der Waals surface area (Å²) < 4.78 is 0. The van der Waals surface area contributed by atoms with E-state index in [2.05, 4.69) is 122 Å². The van der Waals surface area contributed by atoms with Gasteiger partial charge in [-0.3, -0.25) is 0 Å². The molecule has 0 saturated heterocycles. The standard InChI is InChI=1S/C40H31N3/c1-4-11-28(23-27(3)41-40-26(2)22-31-13-6-10-17-37(31)43-40)29-18-20-38-32(24-29)19-21-39(42-38)36-25-30-12-5-7-14-33(30)34-15-8-9-16-35(34)36/h4-25H,1-3H3/b11-4-,28-23+,41-27?. The molecule has 0 bridgehead atoms. The number of aliphatic imine (C=N–C) groups is 1. The van der Waals surface area contributed by atoms with Gasteiger partial charge in [-0.1, -0.05) is 91.0 Å². The summed E-state index contributed by atoms with van der Waals surface area (Å²) in [6, 6.07) is 40.6. The highest BCUT2D eigenvalue weighted by molar-refractivity contribution is 6.13. The maximum Gasteiger partial charge on any atom is 0.155 e. The highest BCUT2D eigenvalue weighted by Gasteiger charge is 2.11. The lowest BCUT2D eigenvalue weighted by atomic mass is 9.95. The second-order valence-electron chi connectivity index (χ2n) is 11.0. The predicted octanol–water partition coefficient (Wildman–Crippen LogP) is 10.8. The quantitative estimate of drug-likeness (QED) is 0.121. The Morgan fingerprint density at radius 2 is 1.35 bits per heavy atom. The van der Waals surface area contributed by atoms with Crippen molar-refractivity contribution in [3.8, 4) is 11.3 Å². The van der Waals surface area contributed by atoms with Crippen LogP contribution in [0.3, 0.4) is 0 Å². The van der Waals surface area contributed by atoms with Crippen molar-refractivity contribution in [2.24, 2.45) is 4.99 Å². The number of rotatable bonds is 5. The van der Waals surface area contributed by atoms with Crippen molar-refractivity contribution >= 4 is 60.5 Å². The lowest BCUT2D eigenvalue weighted by Crippen LogP contribution is -1.92. The van der Waals surface area contributed by atoms with Crippen molar-refractivity contribution in [3.05, 3.63) is 145 Å². The van der Waals surface area contributed by atoms with Gasteiger partial charge in [-0.2, -0.15) is 0 Å². The molecule has 0 aliphatic heterocycles. The minimum Gasteiger partial charge on any atom is -0.248 e. The summed E-state index contributed by atoms with van der Waals surface area (Å²) in [4.78, 5) is 14.8. The molecule has 0 N–H and O–H groups in total. The Bertz CT molecular complexity index is 2270. The van der Waals surface area contributed by atoms with E-state index in [1.807, 2.05) is 32.0 Å². The first-order valence-corrected chi connectivity index (χ1v) is 14.7. The third-order valence-corrected chi connectivity index (χ3v) is 7.95. The van der Waals surface area contributed by atoms with E-state index < -0.39 is 0 Å². The van der Waals surface area contributed by atoms with E-state index in [1.165, 1.54) is 21.5 Å². The van der Waals surface area contributed by atoms with Crippen molar-refractivity contribution in [2.45, 2.75) is 20.8 Å². The first-order chi connectivity index (χ1) is 21.1. The summed E-state index contributed by atoms with van der Waals surface area (Å²) >= 11 is 0. The van der Waals surface area contributed by atoms with Gasteiger partial charge in [0.2, 0.25) is 0 Å². The molecule has 0 saturated carbocycles. The first kappa shape index (κ1) is 26.5. The molecule has 3 heteroatoms. The minimum atomic E-state index is 0.753. The number of hydrogen-bond acceptors (Lipinski definition) is 3. The second-order valence-corrected chi connectivity index (χ2v) is 11.0. The van der Waals surface area contributed by atoms with Crippen LogP contribution in [-0.4, -0.2) is 15.7 Å². The highest BCUT2D eigenvalue weighted by atomic mass is 14.9. The Balaban J connectivity index is 1.27. The third kappa shape index (κ3) is 5.11. The minimum absolute atomic E-state index is 0.753. The number of allylic oxidation sites excluding steroid dienone is 4. The maximum atomic E-state index is 5.13. The van der Waals surface area contributed by atoms with Crippen LogP contribution in [0.25, 0.3) is 60.2 Å². The fourth-order valence-electron chi connectivity index (χ4n) is 5.88. The fraction of sp³-hybridized carbons (Fsp3) is 0.0750. The topological polar surface area (TPSA) is 38.1 Å². The van der Waals surface area contributed by atoms with Crippen molar-refractivity contribution < 1.29 is 0 Å². The van der Waals surface area contributed by atoms with Gasteiger partial charge in [-0.05, 0) is 101 Å². The largest absolute Gasteiger partial charge is 0.248 e. The van der Waals surface area contributed by atoms with Crippen LogP contribution in [0.4, 0.5) is 5.82 Å². The zero-order valence-corrected chi connectivity index (χ0v) is 24.5. The molecule has 3 nitrogen and oxygen atoms in total. The Hall–Kier alpha value is -5.41. The third-order valence-electron chi connectivity index (χ3n) is 7.95. The molecular formula is C40H31N3. The lowest BCUT2D eigenvalue weighted by molar-refractivity contribution is 1.27. The van der Waals surface area contributed by atoms with Crippen LogP contribution in [0.15, 0.2) is 138 Å². The average Bonchev–Trinajstić information content (AvgIpc) is 3.04. The summed E-state index contributed by atoms with van der Waals surface area (Å²) in [6.45, 7) is 6.13. The van der Waals surface area contributed by atoms with Crippen LogP contribution >= 0.6 is 0 Å². The molecule has 0 spiro atoms. The number of pyridine rings is 2. The Morgan fingerprint density at radius 1 is 0.651 bits per heavy atom. The smallest absolute Gasteiger partial charge is 0.155 e. The molecule has 0 atom stereocenters. The van der Waals surface area contributed by atoms with Gasteiger partial charge in [0.25, 0.3) is 0 Å². The van der Waals surface area contributed by atoms with Crippen LogP contribution in [0.1, 0.15) is 25.0 Å². The van der Waals surface area contributed by atoms with E-state index in [0.29, 0.717) is 0 Å². The molecule has 0 radical (unpaired) electrons. The van der Waals surface area contributed by atoms with E-state index in [1.54, 1.807) is 0 Å². The van der Waals surface area contributed by atoms with Crippen LogP contribution in [-0.2, 0) is 0 Å². The first-order valence-electron chi connectivity index (χ1n) is 14.7. The summed E-state index contributed by atoms with van der Waals surface area (Å²) in [5.41, 5.74) is 8.23. The fourth-order valence-corrected chi connectivity index (χ4v) is 5.88. The molecular weight excluding hydrogens is 522 g/mol. The van der Waals surface area contributed by atoms with Gasteiger partial charge in [0.1, 0.15) is 0 Å². The Kier molecular flexibility index (Phi) is 6.84. The maximum absolute atomic E-state index is 5.13. The van der Waals surface area contributed by atoms with Crippen molar-refractivity contribution in [1.82, 2.24) is 9.97 Å². The number of benzene rings is 5. The Labute approximate surface area is 251 Å². The van der Waals surface area contributed by atoms with Crippen LogP contribution in [0, 0.1) is 6.92 Å². The number of aryl methyl sites for hydroxylation is 1.